The van der Waals surface area contributed by atoms with E-state index in [0.717, 1.165) is 22.1 Å². The molecule has 3 aromatic heterocycles. The van der Waals surface area contributed by atoms with Crippen LogP contribution in [0.25, 0.3) is 21.9 Å². The maximum absolute atomic E-state index is 12.5. The SMILES string of the molecule is O=c1c2[nH]c3ccccc3c2ncn1CCc1cnc[nH]1. The summed E-state index contributed by atoms with van der Waals surface area (Å²) in [5.74, 6) is 0. The van der Waals surface area contributed by atoms with Crippen LogP contribution in [0.4, 0.5) is 0 Å². The van der Waals surface area contributed by atoms with Crippen molar-refractivity contribution in [2.75, 3.05) is 0 Å². The van der Waals surface area contributed by atoms with E-state index in [2.05, 4.69) is 19.9 Å². The zero-order valence-corrected chi connectivity index (χ0v) is 11.2. The molecule has 6 nitrogen and oxygen atoms in total. The molecule has 2 N–H and O–H groups in total. The number of aryl methyl sites for hydroxylation is 2. The summed E-state index contributed by atoms with van der Waals surface area (Å²) in [7, 11) is 0. The zero-order chi connectivity index (χ0) is 14.2. The molecule has 0 spiro atoms. The Kier molecular flexibility index (Phi) is 2.60. The molecule has 0 bridgehead atoms. The van der Waals surface area contributed by atoms with Gasteiger partial charge in [0, 0.05) is 35.8 Å². The molecule has 0 amide bonds. The van der Waals surface area contributed by atoms with Crippen molar-refractivity contribution in [2.45, 2.75) is 13.0 Å². The van der Waals surface area contributed by atoms with Gasteiger partial charge in [0.15, 0.2) is 0 Å². The Bertz CT molecular complexity index is 965. The lowest BCUT2D eigenvalue weighted by Crippen LogP contribution is -2.21. The average Bonchev–Trinajstić information content (AvgIpc) is 3.14. The molecule has 3 heterocycles. The minimum atomic E-state index is -0.0456. The number of nitrogens with zero attached hydrogens (tertiary/aromatic N) is 3. The molecule has 4 rings (SSSR count). The minimum Gasteiger partial charge on any atom is -0.349 e. The molecule has 0 saturated carbocycles. The molecular weight excluding hydrogens is 266 g/mol. The number of hydrogen-bond donors (Lipinski definition) is 2. The normalized spacial score (nSPS) is 11.4. The number of hydrogen-bond acceptors (Lipinski definition) is 3. The van der Waals surface area contributed by atoms with Gasteiger partial charge < -0.3 is 9.97 Å². The van der Waals surface area contributed by atoms with Crippen molar-refractivity contribution < 1.29 is 0 Å². The lowest BCUT2D eigenvalue weighted by molar-refractivity contribution is 0.655. The molecule has 6 heteroatoms. The number of aromatic amines is 2. The van der Waals surface area contributed by atoms with E-state index in [4.69, 9.17) is 0 Å². The highest BCUT2D eigenvalue weighted by atomic mass is 16.1. The maximum atomic E-state index is 12.5. The van der Waals surface area contributed by atoms with E-state index in [1.807, 2.05) is 24.3 Å². The Hall–Kier alpha value is -2.89. The molecule has 0 fully saturated rings. The number of nitrogens with one attached hydrogen (secondary N) is 2. The minimum absolute atomic E-state index is 0.0456. The Labute approximate surface area is 119 Å². The highest BCUT2D eigenvalue weighted by Gasteiger charge is 2.10. The van der Waals surface area contributed by atoms with E-state index in [1.165, 1.54) is 0 Å². The van der Waals surface area contributed by atoms with Crippen molar-refractivity contribution in [3.63, 3.8) is 0 Å². The molecule has 0 unspecified atom stereocenters. The van der Waals surface area contributed by atoms with Crippen molar-refractivity contribution in [3.8, 4) is 0 Å². The first kappa shape index (κ1) is 11.9. The lowest BCUT2D eigenvalue weighted by Gasteiger charge is -2.03. The van der Waals surface area contributed by atoms with Crippen LogP contribution in [0.5, 0.6) is 0 Å². The van der Waals surface area contributed by atoms with Gasteiger partial charge in [-0.3, -0.25) is 9.36 Å². The van der Waals surface area contributed by atoms with Gasteiger partial charge in [0.1, 0.15) is 11.0 Å². The van der Waals surface area contributed by atoms with Gasteiger partial charge in [-0.15, -0.1) is 0 Å². The highest BCUT2D eigenvalue weighted by Crippen LogP contribution is 2.20. The van der Waals surface area contributed by atoms with Crippen molar-refractivity contribution in [1.82, 2.24) is 24.5 Å². The van der Waals surface area contributed by atoms with E-state index in [9.17, 15) is 4.79 Å². The molecule has 0 aliphatic heterocycles. The number of rotatable bonds is 3. The quantitative estimate of drug-likeness (QED) is 0.600. The predicted molar refractivity (Wildman–Crippen MR) is 80.2 cm³/mol. The fourth-order valence-corrected chi connectivity index (χ4v) is 2.56. The van der Waals surface area contributed by atoms with Crippen LogP contribution >= 0.6 is 0 Å². The number of aromatic nitrogens is 5. The smallest absolute Gasteiger partial charge is 0.277 e. The van der Waals surface area contributed by atoms with E-state index in [1.54, 1.807) is 23.4 Å². The predicted octanol–water partition coefficient (Wildman–Crippen LogP) is 1.84. The van der Waals surface area contributed by atoms with Gasteiger partial charge in [-0.1, -0.05) is 18.2 Å². The Morgan fingerprint density at radius 3 is 3.00 bits per heavy atom. The number of benzene rings is 1. The van der Waals surface area contributed by atoms with Gasteiger partial charge in [-0.05, 0) is 6.07 Å². The molecular formula is C15H13N5O. The molecule has 0 saturated heterocycles. The van der Waals surface area contributed by atoms with Gasteiger partial charge >= 0.3 is 0 Å². The van der Waals surface area contributed by atoms with Crippen LogP contribution in [0.15, 0.2) is 47.9 Å². The third-order valence-corrected chi connectivity index (χ3v) is 3.66. The molecule has 0 aliphatic rings. The van der Waals surface area contributed by atoms with Crippen LogP contribution in [0.1, 0.15) is 5.69 Å². The Balaban J connectivity index is 1.79. The van der Waals surface area contributed by atoms with E-state index in [-0.39, 0.29) is 5.56 Å². The summed E-state index contributed by atoms with van der Waals surface area (Å²) < 4.78 is 1.62. The second-order valence-corrected chi connectivity index (χ2v) is 4.96. The average molecular weight is 279 g/mol. The van der Waals surface area contributed by atoms with Crippen molar-refractivity contribution in [1.29, 1.82) is 0 Å². The van der Waals surface area contributed by atoms with Gasteiger partial charge in [0.2, 0.25) is 0 Å². The van der Waals surface area contributed by atoms with Crippen molar-refractivity contribution in [3.05, 3.63) is 59.2 Å². The summed E-state index contributed by atoms with van der Waals surface area (Å²) in [6, 6.07) is 7.80. The summed E-state index contributed by atoms with van der Waals surface area (Å²) in [4.78, 5) is 27.1. The number of fused-ring (bicyclic) bond motifs is 3. The van der Waals surface area contributed by atoms with Crippen LogP contribution in [0, 0.1) is 0 Å². The van der Waals surface area contributed by atoms with Crippen LogP contribution in [0.2, 0.25) is 0 Å². The first-order valence-corrected chi connectivity index (χ1v) is 6.76. The standard InChI is InChI=1S/C15H13N5O/c21-15-14-13(11-3-1-2-4-12(11)19-14)18-9-20(15)6-5-10-7-16-8-17-10/h1-4,7-9,19H,5-6H2,(H,16,17). The van der Waals surface area contributed by atoms with Crippen LogP contribution in [-0.2, 0) is 13.0 Å². The van der Waals surface area contributed by atoms with Crippen LogP contribution < -0.4 is 5.56 Å². The molecule has 0 aliphatic carbocycles. The lowest BCUT2D eigenvalue weighted by atomic mass is 10.2. The largest absolute Gasteiger partial charge is 0.349 e. The van der Waals surface area contributed by atoms with Crippen molar-refractivity contribution in [2.24, 2.45) is 0 Å². The monoisotopic (exact) mass is 279 g/mol. The zero-order valence-electron chi connectivity index (χ0n) is 11.2. The summed E-state index contributed by atoms with van der Waals surface area (Å²) in [5, 5.41) is 0.977. The molecule has 1 aromatic carbocycles. The van der Waals surface area contributed by atoms with Gasteiger partial charge in [-0.2, -0.15) is 0 Å². The molecule has 4 aromatic rings. The van der Waals surface area contributed by atoms with Gasteiger partial charge in [0.05, 0.1) is 12.7 Å². The fraction of sp³-hybridized carbons (Fsp3) is 0.133. The Morgan fingerprint density at radius 1 is 1.24 bits per heavy atom. The number of para-hydroxylation sites is 1. The number of H-pyrrole nitrogens is 2. The molecule has 104 valence electrons. The van der Waals surface area contributed by atoms with Crippen LogP contribution in [0.3, 0.4) is 0 Å². The van der Waals surface area contributed by atoms with E-state index < -0.39 is 0 Å². The molecule has 0 atom stereocenters. The van der Waals surface area contributed by atoms with E-state index in [0.29, 0.717) is 18.5 Å². The first-order valence-electron chi connectivity index (χ1n) is 6.76. The number of imidazole rings is 1. The first-order chi connectivity index (χ1) is 10.3. The summed E-state index contributed by atoms with van der Waals surface area (Å²) in [6.45, 7) is 0.569. The Morgan fingerprint density at radius 2 is 2.14 bits per heavy atom. The maximum Gasteiger partial charge on any atom is 0.277 e. The fourth-order valence-electron chi connectivity index (χ4n) is 2.56. The van der Waals surface area contributed by atoms with E-state index >= 15 is 0 Å². The topological polar surface area (TPSA) is 79.4 Å². The van der Waals surface area contributed by atoms with Gasteiger partial charge in [0.25, 0.3) is 5.56 Å². The molecule has 21 heavy (non-hydrogen) atoms. The summed E-state index contributed by atoms with van der Waals surface area (Å²) >= 11 is 0. The third-order valence-electron chi connectivity index (χ3n) is 3.66. The second kappa shape index (κ2) is 4.59. The summed E-state index contributed by atoms with van der Waals surface area (Å²) in [6.07, 6.45) is 5.73. The van der Waals surface area contributed by atoms with Crippen LogP contribution in [-0.4, -0.2) is 24.5 Å². The summed E-state index contributed by atoms with van der Waals surface area (Å²) in [5.41, 5.74) is 3.18. The van der Waals surface area contributed by atoms with Gasteiger partial charge in [-0.25, -0.2) is 9.97 Å². The van der Waals surface area contributed by atoms with Crippen molar-refractivity contribution >= 4 is 21.9 Å². The molecule has 0 radical (unpaired) electrons. The second-order valence-electron chi connectivity index (χ2n) is 4.96. The highest BCUT2D eigenvalue weighted by molar-refractivity contribution is 6.04. The third kappa shape index (κ3) is 1.92.